The molecule has 0 atom stereocenters. The summed E-state index contributed by atoms with van der Waals surface area (Å²) in [5.74, 6) is 7.97. The summed E-state index contributed by atoms with van der Waals surface area (Å²) in [5, 5.41) is 0. The van der Waals surface area contributed by atoms with E-state index in [2.05, 4.69) is 27.5 Å². The van der Waals surface area contributed by atoms with Crippen LogP contribution in [0.25, 0.3) is 0 Å². The molecule has 1 aromatic heterocycles. The summed E-state index contributed by atoms with van der Waals surface area (Å²) < 4.78 is 0. The third kappa shape index (κ3) is 2.72. The number of fused-ring (bicyclic) bond motifs is 1. The molecule has 0 radical (unpaired) electrons. The molecule has 2 aromatic rings. The van der Waals surface area contributed by atoms with Crippen LogP contribution in [-0.4, -0.2) is 9.97 Å². The van der Waals surface area contributed by atoms with Gasteiger partial charge in [-0.15, -0.1) is 11.8 Å². The second-order valence-electron chi connectivity index (χ2n) is 4.51. The van der Waals surface area contributed by atoms with E-state index in [1.54, 1.807) is 11.8 Å². The molecule has 0 aliphatic heterocycles. The molecule has 1 aliphatic carbocycles. The Kier molecular flexibility index (Phi) is 3.66. The lowest BCUT2D eigenvalue weighted by atomic mass is 10.2. The van der Waals surface area contributed by atoms with Gasteiger partial charge in [-0.25, -0.2) is 15.8 Å². The van der Waals surface area contributed by atoms with E-state index in [1.807, 2.05) is 18.2 Å². The van der Waals surface area contributed by atoms with Gasteiger partial charge in [-0.05, 0) is 31.4 Å². The molecule has 1 heterocycles. The van der Waals surface area contributed by atoms with Crippen LogP contribution in [0.2, 0.25) is 0 Å². The normalized spacial score (nSPS) is 13.3. The number of nitrogens with two attached hydrogens (primary N) is 1. The van der Waals surface area contributed by atoms with Crippen molar-refractivity contribution in [1.29, 1.82) is 0 Å². The number of aromatic nitrogens is 2. The largest absolute Gasteiger partial charge is 0.308 e. The molecular weight excluding hydrogens is 256 g/mol. The third-order valence-corrected chi connectivity index (χ3v) is 4.24. The van der Waals surface area contributed by atoms with Crippen molar-refractivity contribution in [3.05, 3.63) is 47.4 Å². The molecule has 0 unspecified atom stereocenters. The molecule has 1 aromatic carbocycles. The number of benzene rings is 1. The molecule has 3 rings (SSSR count). The van der Waals surface area contributed by atoms with E-state index in [1.165, 1.54) is 10.5 Å². The molecule has 19 heavy (non-hydrogen) atoms. The van der Waals surface area contributed by atoms with Gasteiger partial charge < -0.3 is 5.43 Å². The maximum Gasteiger partial charge on any atom is 0.147 e. The van der Waals surface area contributed by atoms with Gasteiger partial charge in [0.15, 0.2) is 0 Å². The van der Waals surface area contributed by atoms with Gasteiger partial charge in [-0.2, -0.15) is 0 Å². The number of hydrogen-bond acceptors (Lipinski definition) is 5. The number of aryl methyl sites for hydroxylation is 1. The Bertz CT molecular complexity index is 571. The second kappa shape index (κ2) is 5.59. The fraction of sp³-hybridized carbons (Fsp3) is 0.286. The first kappa shape index (κ1) is 12.4. The van der Waals surface area contributed by atoms with Gasteiger partial charge in [-0.3, -0.25) is 0 Å². The van der Waals surface area contributed by atoms with Crippen molar-refractivity contribution in [1.82, 2.24) is 9.97 Å². The van der Waals surface area contributed by atoms with Crippen LogP contribution >= 0.6 is 11.8 Å². The molecule has 0 spiro atoms. The molecule has 1 aliphatic rings. The predicted octanol–water partition coefficient (Wildman–Crippen LogP) is 2.54. The predicted molar refractivity (Wildman–Crippen MR) is 77.9 cm³/mol. The summed E-state index contributed by atoms with van der Waals surface area (Å²) in [6.45, 7) is 0. The molecule has 0 bridgehead atoms. The maximum absolute atomic E-state index is 5.55. The number of hydrogen-bond donors (Lipinski definition) is 2. The van der Waals surface area contributed by atoms with E-state index in [4.69, 9.17) is 5.84 Å². The van der Waals surface area contributed by atoms with Crippen LogP contribution in [0.4, 0.5) is 5.82 Å². The smallest absolute Gasteiger partial charge is 0.147 e. The third-order valence-electron chi connectivity index (χ3n) is 3.23. The van der Waals surface area contributed by atoms with Crippen molar-refractivity contribution in [2.45, 2.75) is 29.9 Å². The Hall–Kier alpha value is -1.59. The first-order valence-electron chi connectivity index (χ1n) is 6.40. The van der Waals surface area contributed by atoms with Gasteiger partial charge in [0.05, 0.1) is 5.75 Å². The van der Waals surface area contributed by atoms with Crippen LogP contribution in [0.5, 0.6) is 0 Å². The lowest BCUT2D eigenvalue weighted by molar-refractivity contribution is 0.893. The van der Waals surface area contributed by atoms with Gasteiger partial charge >= 0.3 is 0 Å². The Labute approximate surface area is 116 Å². The zero-order valence-electron chi connectivity index (χ0n) is 10.6. The summed E-state index contributed by atoms with van der Waals surface area (Å²) in [7, 11) is 0. The van der Waals surface area contributed by atoms with Crippen LogP contribution in [0.1, 0.15) is 23.5 Å². The van der Waals surface area contributed by atoms with Gasteiger partial charge in [0.1, 0.15) is 11.6 Å². The van der Waals surface area contributed by atoms with E-state index in [0.717, 1.165) is 42.4 Å². The molecule has 4 nitrogen and oxygen atoms in total. The Morgan fingerprint density at radius 2 is 2.00 bits per heavy atom. The van der Waals surface area contributed by atoms with Crippen LogP contribution < -0.4 is 11.3 Å². The van der Waals surface area contributed by atoms with E-state index < -0.39 is 0 Å². The molecule has 3 N–H and O–H groups in total. The average Bonchev–Trinajstić information content (AvgIpc) is 2.93. The van der Waals surface area contributed by atoms with Crippen LogP contribution in [0.3, 0.4) is 0 Å². The minimum absolute atomic E-state index is 0.770. The Morgan fingerprint density at radius 1 is 1.16 bits per heavy atom. The highest BCUT2D eigenvalue weighted by Crippen LogP contribution is 2.27. The van der Waals surface area contributed by atoms with Gasteiger partial charge in [0, 0.05) is 16.2 Å². The molecule has 5 heteroatoms. The minimum atomic E-state index is 0.770. The number of rotatable bonds is 4. The highest BCUT2D eigenvalue weighted by atomic mass is 32.2. The molecule has 0 saturated heterocycles. The molecule has 0 saturated carbocycles. The zero-order valence-corrected chi connectivity index (χ0v) is 11.4. The second-order valence-corrected chi connectivity index (χ2v) is 5.56. The topological polar surface area (TPSA) is 63.8 Å². The van der Waals surface area contributed by atoms with Crippen LogP contribution in [-0.2, 0) is 18.6 Å². The van der Waals surface area contributed by atoms with Crippen LogP contribution in [0, 0.1) is 0 Å². The monoisotopic (exact) mass is 272 g/mol. The lowest BCUT2D eigenvalue weighted by Crippen LogP contribution is -2.13. The highest BCUT2D eigenvalue weighted by Gasteiger charge is 2.18. The Morgan fingerprint density at radius 3 is 2.79 bits per heavy atom. The van der Waals surface area contributed by atoms with Gasteiger partial charge in [-0.1, -0.05) is 18.2 Å². The van der Waals surface area contributed by atoms with Crippen molar-refractivity contribution >= 4 is 17.6 Å². The Balaban J connectivity index is 1.78. The molecule has 0 amide bonds. The number of hydrazine groups is 1. The van der Waals surface area contributed by atoms with E-state index in [0.29, 0.717) is 0 Å². The molecular formula is C14H16N4S. The van der Waals surface area contributed by atoms with Crippen molar-refractivity contribution < 1.29 is 0 Å². The number of nitrogens with one attached hydrogen (secondary N) is 1. The lowest BCUT2D eigenvalue weighted by Gasteiger charge is -2.09. The highest BCUT2D eigenvalue weighted by molar-refractivity contribution is 7.98. The summed E-state index contributed by atoms with van der Waals surface area (Å²) in [6.07, 6.45) is 3.21. The molecule has 0 fully saturated rings. The number of nitrogen functional groups attached to an aromatic ring is 1. The van der Waals surface area contributed by atoms with Crippen molar-refractivity contribution in [2.75, 3.05) is 5.43 Å². The first-order valence-corrected chi connectivity index (χ1v) is 7.38. The summed E-state index contributed by atoms with van der Waals surface area (Å²) in [6, 6.07) is 10.3. The van der Waals surface area contributed by atoms with Gasteiger partial charge in [0.2, 0.25) is 0 Å². The summed E-state index contributed by atoms with van der Waals surface area (Å²) in [5.41, 5.74) is 5.06. The van der Waals surface area contributed by atoms with E-state index in [-0.39, 0.29) is 0 Å². The van der Waals surface area contributed by atoms with Gasteiger partial charge in [0.25, 0.3) is 0 Å². The van der Waals surface area contributed by atoms with Crippen LogP contribution in [0.15, 0.2) is 35.2 Å². The van der Waals surface area contributed by atoms with E-state index in [9.17, 15) is 0 Å². The van der Waals surface area contributed by atoms with Crippen molar-refractivity contribution in [3.63, 3.8) is 0 Å². The maximum atomic E-state index is 5.55. The summed E-state index contributed by atoms with van der Waals surface area (Å²) >= 11 is 1.74. The average molecular weight is 272 g/mol. The number of anilines is 1. The minimum Gasteiger partial charge on any atom is -0.308 e. The quantitative estimate of drug-likeness (QED) is 0.509. The standard InChI is InChI=1S/C14H16N4S/c15-18-14-11-7-4-8-12(11)16-13(17-14)9-19-10-5-2-1-3-6-10/h1-3,5-6H,4,7-9,15H2,(H,16,17,18). The number of thioether (sulfide) groups is 1. The molecule has 98 valence electrons. The SMILES string of the molecule is NNc1nc(CSc2ccccc2)nc2c1CCC2. The van der Waals surface area contributed by atoms with E-state index >= 15 is 0 Å². The zero-order chi connectivity index (χ0) is 13.1. The number of nitrogens with zero attached hydrogens (tertiary/aromatic N) is 2. The first-order chi connectivity index (χ1) is 9.36. The fourth-order valence-electron chi connectivity index (χ4n) is 2.33. The fourth-order valence-corrected chi connectivity index (χ4v) is 3.11. The van der Waals surface area contributed by atoms with Crippen molar-refractivity contribution in [2.24, 2.45) is 5.84 Å². The van der Waals surface area contributed by atoms with Crippen molar-refractivity contribution in [3.8, 4) is 0 Å². The summed E-state index contributed by atoms with van der Waals surface area (Å²) in [4.78, 5) is 10.4.